The van der Waals surface area contributed by atoms with Gasteiger partial charge in [0.1, 0.15) is 0 Å². The number of nitrogens with zero attached hydrogens (tertiary/aromatic N) is 2. The van der Waals surface area contributed by atoms with E-state index in [1.807, 2.05) is 49.4 Å². The Hall–Kier alpha value is -2.28. The number of benzene rings is 2. The number of hydrogen-bond donors (Lipinski definition) is 1. The highest BCUT2D eigenvalue weighted by molar-refractivity contribution is 7.90. The molecule has 4 heterocycles. The number of hydrogen-bond acceptors (Lipinski definition) is 3. The van der Waals surface area contributed by atoms with Crippen LogP contribution in [0.1, 0.15) is 35.7 Å². The van der Waals surface area contributed by atoms with E-state index in [9.17, 15) is 8.42 Å². The van der Waals surface area contributed by atoms with E-state index in [4.69, 9.17) is 0 Å². The molecule has 0 radical (unpaired) electrons. The minimum atomic E-state index is -3.68. The van der Waals surface area contributed by atoms with Crippen molar-refractivity contribution in [1.29, 1.82) is 0 Å². The van der Waals surface area contributed by atoms with Crippen molar-refractivity contribution in [2.75, 3.05) is 0 Å². The lowest BCUT2D eigenvalue weighted by Gasteiger charge is -2.23. The Balaban J connectivity index is 0.00000193. The Labute approximate surface area is 182 Å². The van der Waals surface area contributed by atoms with Gasteiger partial charge in [-0.1, -0.05) is 18.2 Å². The summed E-state index contributed by atoms with van der Waals surface area (Å²) in [6.45, 7) is 2.02. The molecule has 4 aromatic rings. The van der Waals surface area contributed by atoms with Crippen molar-refractivity contribution < 1.29 is 8.42 Å². The first-order valence-corrected chi connectivity index (χ1v) is 11.6. The molecule has 2 aliphatic heterocycles. The fraction of sp³-hybridized carbons (Fsp3) is 0.304. The summed E-state index contributed by atoms with van der Waals surface area (Å²) in [6.07, 6.45) is 4.98. The van der Waals surface area contributed by atoms with Crippen molar-refractivity contribution in [1.82, 2.24) is 13.9 Å². The molecule has 2 aliphatic rings. The van der Waals surface area contributed by atoms with Crippen LogP contribution in [0.5, 0.6) is 0 Å². The summed E-state index contributed by atoms with van der Waals surface area (Å²) >= 11 is 0. The second-order valence-corrected chi connectivity index (χ2v) is 10.2. The minimum Gasteiger partial charge on any atom is -0.347 e. The monoisotopic (exact) mass is 441 g/mol. The van der Waals surface area contributed by atoms with Gasteiger partial charge in [-0.15, -0.1) is 12.4 Å². The average molecular weight is 442 g/mol. The summed E-state index contributed by atoms with van der Waals surface area (Å²) in [5.41, 5.74) is 5.52. The molecule has 7 heteroatoms. The summed E-state index contributed by atoms with van der Waals surface area (Å²) < 4.78 is 30.8. The predicted octanol–water partition coefficient (Wildman–Crippen LogP) is 4.45. The molecular weight excluding hydrogens is 418 g/mol. The Morgan fingerprint density at radius 1 is 1.10 bits per heavy atom. The van der Waals surface area contributed by atoms with Crippen LogP contribution in [-0.2, 0) is 23.5 Å². The quantitative estimate of drug-likeness (QED) is 0.500. The van der Waals surface area contributed by atoms with E-state index in [1.165, 1.54) is 21.7 Å². The highest BCUT2D eigenvalue weighted by Crippen LogP contribution is 2.43. The van der Waals surface area contributed by atoms with Gasteiger partial charge in [-0.3, -0.25) is 0 Å². The smallest absolute Gasteiger partial charge is 0.268 e. The first-order chi connectivity index (χ1) is 13.9. The zero-order valence-electron chi connectivity index (χ0n) is 16.9. The van der Waals surface area contributed by atoms with Crippen LogP contribution >= 0.6 is 12.4 Å². The second-order valence-electron chi connectivity index (χ2n) is 8.43. The van der Waals surface area contributed by atoms with E-state index in [2.05, 4.69) is 16.9 Å². The average Bonchev–Trinajstić information content (AvgIpc) is 3.38. The number of fused-ring (bicyclic) bond motifs is 7. The van der Waals surface area contributed by atoms with Gasteiger partial charge in [0.25, 0.3) is 10.0 Å². The predicted molar refractivity (Wildman–Crippen MR) is 122 cm³/mol. The highest BCUT2D eigenvalue weighted by Gasteiger charge is 2.36. The van der Waals surface area contributed by atoms with Gasteiger partial charge >= 0.3 is 0 Å². The van der Waals surface area contributed by atoms with Crippen LogP contribution < -0.4 is 5.32 Å². The second kappa shape index (κ2) is 6.61. The van der Waals surface area contributed by atoms with Gasteiger partial charge in [0.2, 0.25) is 0 Å². The van der Waals surface area contributed by atoms with Gasteiger partial charge in [-0.2, -0.15) is 0 Å². The van der Waals surface area contributed by atoms with Crippen LogP contribution in [0.25, 0.3) is 21.8 Å². The lowest BCUT2D eigenvalue weighted by Crippen LogP contribution is -2.32. The van der Waals surface area contributed by atoms with E-state index in [-0.39, 0.29) is 12.4 Å². The van der Waals surface area contributed by atoms with E-state index in [1.54, 1.807) is 6.20 Å². The van der Waals surface area contributed by atoms with E-state index in [0.717, 1.165) is 34.7 Å². The first-order valence-electron chi connectivity index (χ1n) is 10.1. The lowest BCUT2D eigenvalue weighted by atomic mass is 9.98. The number of aryl methyl sites for hydroxylation is 2. The van der Waals surface area contributed by atoms with Crippen molar-refractivity contribution in [2.24, 2.45) is 7.05 Å². The molecule has 6 rings (SSSR count). The number of para-hydroxylation sites is 1. The van der Waals surface area contributed by atoms with Crippen molar-refractivity contribution in [2.45, 2.75) is 43.2 Å². The molecule has 1 N–H and O–H groups in total. The Bertz CT molecular complexity index is 1420. The maximum Gasteiger partial charge on any atom is 0.268 e. The van der Waals surface area contributed by atoms with Gasteiger partial charge in [0, 0.05) is 48.2 Å². The summed E-state index contributed by atoms with van der Waals surface area (Å²) in [5.74, 6) is 0. The number of rotatable bonds is 2. The third-order valence-corrected chi connectivity index (χ3v) is 8.43. The van der Waals surface area contributed by atoms with Gasteiger partial charge in [-0.05, 0) is 55.2 Å². The molecule has 2 aromatic carbocycles. The minimum absolute atomic E-state index is 0. The third kappa shape index (κ3) is 2.54. The van der Waals surface area contributed by atoms with Crippen LogP contribution in [0, 0.1) is 6.92 Å². The molecule has 156 valence electrons. The molecule has 2 aromatic heterocycles. The zero-order chi connectivity index (χ0) is 19.9. The largest absolute Gasteiger partial charge is 0.347 e. The topological polar surface area (TPSA) is 56.0 Å². The van der Waals surface area contributed by atoms with Crippen LogP contribution in [0.2, 0.25) is 0 Å². The summed E-state index contributed by atoms with van der Waals surface area (Å²) in [4.78, 5) is 0.359. The molecule has 0 amide bonds. The third-order valence-electron chi connectivity index (χ3n) is 6.76. The molecule has 5 nitrogen and oxygen atoms in total. The maximum absolute atomic E-state index is 13.6. The molecular formula is C23H24ClN3O2S. The van der Waals surface area contributed by atoms with Crippen LogP contribution in [-0.4, -0.2) is 23.0 Å². The van der Waals surface area contributed by atoms with Gasteiger partial charge < -0.3 is 9.88 Å². The number of halogens is 1. The molecule has 0 aliphatic carbocycles. The van der Waals surface area contributed by atoms with E-state index >= 15 is 0 Å². The van der Waals surface area contributed by atoms with Gasteiger partial charge in [-0.25, -0.2) is 12.4 Å². The molecule has 30 heavy (non-hydrogen) atoms. The van der Waals surface area contributed by atoms with Gasteiger partial charge in [0.05, 0.1) is 15.9 Å². The van der Waals surface area contributed by atoms with Gasteiger partial charge in [0.15, 0.2) is 0 Å². The highest BCUT2D eigenvalue weighted by atomic mass is 35.5. The number of aromatic nitrogens is 2. The Kier molecular flexibility index (Phi) is 4.33. The molecule has 2 bridgehead atoms. The Morgan fingerprint density at radius 2 is 1.90 bits per heavy atom. The first kappa shape index (κ1) is 19.7. The fourth-order valence-electron chi connectivity index (χ4n) is 5.47. The Morgan fingerprint density at radius 3 is 2.73 bits per heavy atom. The SMILES string of the molecule is Cc1cc(S(=O)(=O)n2ccc3ccccc32)cc2c3c(n(C)c12)CC1CCC3N1.Cl. The fourth-order valence-corrected chi connectivity index (χ4v) is 6.94. The standard InChI is InChI=1S/C23H23N3O2S.ClH/c1-14-11-17(29(27,28)26-10-9-15-5-3-4-6-20(15)26)13-18-22-19-8-7-16(24-19)12-21(22)25(2)23(14)18;/h3-6,9-11,13,16,19,24H,7-8,12H2,1-2H3;1H. The normalized spacial score (nSPS) is 20.5. The molecule has 0 spiro atoms. The van der Waals surface area contributed by atoms with Crippen LogP contribution in [0.3, 0.4) is 0 Å². The summed E-state index contributed by atoms with van der Waals surface area (Å²) in [5, 5.41) is 5.72. The maximum atomic E-state index is 13.6. The number of nitrogens with one attached hydrogen (secondary N) is 1. The molecule has 1 saturated heterocycles. The van der Waals surface area contributed by atoms with E-state index < -0.39 is 10.0 Å². The summed E-state index contributed by atoms with van der Waals surface area (Å²) in [6, 6.07) is 14.0. The molecule has 2 unspecified atom stereocenters. The van der Waals surface area contributed by atoms with Crippen LogP contribution in [0.4, 0.5) is 0 Å². The van der Waals surface area contributed by atoms with Crippen molar-refractivity contribution in [3.8, 4) is 0 Å². The summed E-state index contributed by atoms with van der Waals surface area (Å²) in [7, 11) is -1.56. The van der Waals surface area contributed by atoms with Crippen molar-refractivity contribution in [3.63, 3.8) is 0 Å². The van der Waals surface area contributed by atoms with Crippen LogP contribution in [0.15, 0.2) is 53.6 Å². The van der Waals surface area contributed by atoms with Crippen molar-refractivity contribution in [3.05, 3.63) is 65.5 Å². The van der Waals surface area contributed by atoms with E-state index in [0.29, 0.717) is 22.5 Å². The molecule has 2 atom stereocenters. The van der Waals surface area contributed by atoms with Crippen molar-refractivity contribution >= 4 is 44.2 Å². The zero-order valence-corrected chi connectivity index (χ0v) is 18.6. The molecule has 1 fully saturated rings. The molecule has 0 saturated carbocycles. The lowest BCUT2D eigenvalue weighted by molar-refractivity contribution is 0.503.